The van der Waals surface area contributed by atoms with Gasteiger partial charge in [-0.05, 0) is 84.5 Å². The first kappa shape index (κ1) is 30.2. The molecule has 2 unspecified atom stereocenters. The van der Waals surface area contributed by atoms with Crippen LogP contribution in [0, 0.1) is 18.8 Å². The predicted molar refractivity (Wildman–Crippen MR) is 189 cm³/mol. The van der Waals surface area contributed by atoms with Gasteiger partial charge in [0.15, 0.2) is 5.78 Å². The van der Waals surface area contributed by atoms with E-state index in [4.69, 9.17) is 9.97 Å². The van der Waals surface area contributed by atoms with E-state index in [1.54, 1.807) is 0 Å². The normalized spacial score (nSPS) is 16.3. The molecule has 2 atom stereocenters. The molecule has 46 heavy (non-hydrogen) atoms. The van der Waals surface area contributed by atoms with Gasteiger partial charge in [0.2, 0.25) is 0 Å². The third kappa shape index (κ3) is 5.57. The zero-order valence-corrected chi connectivity index (χ0v) is 27.6. The summed E-state index contributed by atoms with van der Waals surface area (Å²) in [5.41, 5.74) is 10.8. The molecule has 4 aromatic carbocycles. The number of benzene rings is 4. The van der Waals surface area contributed by atoms with Crippen molar-refractivity contribution in [2.24, 2.45) is 18.9 Å². The lowest BCUT2D eigenvalue weighted by Crippen LogP contribution is -2.28. The van der Waals surface area contributed by atoms with Crippen LogP contribution in [0.4, 0.5) is 0 Å². The van der Waals surface area contributed by atoms with Crippen molar-refractivity contribution in [1.82, 2.24) is 19.1 Å². The molecule has 5 heteroatoms. The highest BCUT2D eigenvalue weighted by molar-refractivity contribution is 6.02. The van der Waals surface area contributed by atoms with Crippen molar-refractivity contribution >= 4 is 27.9 Å². The van der Waals surface area contributed by atoms with Gasteiger partial charge >= 0.3 is 0 Å². The first-order chi connectivity index (χ1) is 22.4. The molecular formula is C41H44N4O. The molecule has 1 fully saturated rings. The zero-order valence-electron chi connectivity index (χ0n) is 27.6. The number of para-hydroxylation sites is 2. The number of aromatic nitrogens is 4. The third-order valence-corrected chi connectivity index (χ3v) is 10.2. The number of Topliss-reactive ketones (excluding diaryl/α,β-unsaturated/α-hetero) is 1. The SMILES string of the molecule is CCCc1nc2c(C)cc(-c3nc4ccccc4n3C)cc2n1Cc1ccc(-c2ccccc2C(=O)CC2CCC2CCC)cc1. The van der Waals surface area contributed by atoms with Crippen LogP contribution >= 0.6 is 0 Å². The standard InChI is InChI=1S/C41H44N4O/c1-5-11-29-21-22-31(29)25-38(46)34-14-8-7-13-33(34)30-19-17-28(18-20-30)26-45-37-24-32(23-27(3)40(37)43-39(45)12-6-2)41-42-35-15-9-10-16-36(35)44(41)4/h7-10,13-20,23-24,29,31H,5-6,11-12,21-22,25-26H2,1-4H3. The maximum atomic E-state index is 13.5. The fourth-order valence-electron chi connectivity index (χ4n) is 7.52. The van der Waals surface area contributed by atoms with Crippen molar-refractivity contribution in [1.29, 1.82) is 0 Å². The lowest BCUT2D eigenvalue weighted by molar-refractivity contribution is 0.0857. The third-order valence-electron chi connectivity index (χ3n) is 10.2. The average Bonchev–Trinajstić information content (AvgIpc) is 3.59. The number of hydrogen-bond donors (Lipinski definition) is 0. The van der Waals surface area contributed by atoms with Crippen molar-refractivity contribution in [2.45, 2.75) is 72.3 Å². The van der Waals surface area contributed by atoms with E-state index in [1.807, 2.05) is 24.3 Å². The zero-order chi connectivity index (χ0) is 31.8. The molecular weight excluding hydrogens is 564 g/mol. The molecule has 0 aliphatic heterocycles. The average molecular weight is 609 g/mol. The molecule has 1 aliphatic rings. The Balaban J connectivity index is 1.19. The van der Waals surface area contributed by atoms with E-state index < -0.39 is 0 Å². The lowest BCUT2D eigenvalue weighted by atomic mass is 9.69. The summed E-state index contributed by atoms with van der Waals surface area (Å²) in [5, 5.41) is 0. The molecule has 2 heterocycles. The van der Waals surface area contributed by atoms with Gasteiger partial charge in [-0.3, -0.25) is 4.79 Å². The smallest absolute Gasteiger partial charge is 0.163 e. The topological polar surface area (TPSA) is 52.7 Å². The van der Waals surface area contributed by atoms with Crippen molar-refractivity contribution in [3.05, 3.63) is 107 Å². The Labute approximate surface area is 272 Å². The molecule has 1 aliphatic carbocycles. The Kier molecular flexibility index (Phi) is 8.33. The maximum Gasteiger partial charge on any atom is 0.163 e. The molecule has 6 aromatic rings. The van der Waals surface area contributed by atoms with E-state index >= 15 is 0 Å². The van der Waals surface area contributed by atoms with Crippen LogP contribution in [0.15, 0.2) is 84.9 Å². The highest BCUT2D eigenvalue weighted by atomic mass is 16.1. The molecule has 1 saturated carbocycles. The van der Waals surface area contributed by atoms with Crippen molar-refractivity contribution in [3.63, 3.8) is 0 Å². The molecule has 0 spiro atoms. The highest BCUT2D eigenvalue weighted by Crippen LogP contribution is 2.41. The Morgan fingerprint density at radius 1 is 0.826 bits per heavy atom. The second-order valence-electron chi connectivity index (χ2n) is 13.3. The second-order valence-corrected chi connectivity index (χ2v) is 13.3. The molecule has 0 amide bonds. The summed E-state index contributed by atoms with van der Waals surface area (Å²) in [6.07, 6.45) is 7.54. The van der Waals surface area contributed by atoms with Gasteiger partial charge in [-0.2, -0.15) is 0 Å². The van der Waals surface area contributed by atoms with Gasteiger partial charge in [-0.1, -0.05) is 87.4 Å². The number of carbonyl (C=O) groups excluding carboxylic acids is 1. The molecule has 0 bridgehead atoms. The van der Waals surface area contributed by atoms with Crippen molar-refractivity contribution in [3.8, 4) is 22.5 Å². The number of rotatable bonds is 11. The Morgan fingerprint density at radius 2 is 1.59 bits per heavy atom. The number of hydrogen-bond acceptors (Lipinski definition) is 3. The first-order valence-corrected chi connectivity index (χ1v) is 17.1. The minimum absolute atomic E-state index is 0.284. The van der Waals surface area contributed by atoms with Crippen LogP contribution in [-0.4, -0.2) is 24.9 Å². The monoisotopic (exact) mass is 608 g/mol. The minimum atomic E-state index is 0.284. The van der Waals surface area contributed by atoms with Gasteiger partial charge in [0.05, 0.1) is 22.1 Å². The summed E-state index contributed by atoms with van der Waals surface area (Å²) in [6, 6.07) is 29.7. The summed E-state index contributed by atoms with van der Waals surface area (Å²) in [5.74, 6) is 3.63. The van der Waals surface area contributed by atoms with E-state index in [0.717, 1.165) is 86.8 Å². The van der Waals surface area contributed by atoms with Crippen LogP contribution < -0.4 is 0 Å². The number of fused-ring (bicyclic) bond motifs is 2. The van der Waals surface area contributed by atoms with Crippen LogP contribution in [0.2, 0.25) is 0 Å². The van der Waals surface area contributed by atoms with E-state index in [0.29, 0.717) is 12.3 Å². The molecule has 234 valence electrons. The van der Waals surface area contributed by atoms with Crippen LogP contribution in [0.1, 0.15) is 79.7 Å². The van der Waals surface area contributed by atoms with E-state index in [1.165, 1.54) is 31.2 Å². The Morgan fingerprint density at radius 3 is 2.33 bits per heavy atom. The predicted octanol–water partition coefficient (Wildman–Crippen LogP) is 9.97. The molecule has 5 nitrogen and oxygen atoms in total. The lowest BCUT2D eigenvalue weighted by Gasteiger charge is -2.36. The van der Waals surface area contributed by atoms with Gasteiger partial charge in [-0.15, -0.1) is 0 Å². The van der Waals surface area contributed by atoms with Gasteiger partial charge < -0.3 is 9.13 Å². The molecule has 0 N–H and O–H groups in total. The minimum Gasteiger partial charge on any atom is -0.327 e. The van der Waals surface area contributed by atoms with Crippen LogP contribution in [0.5, 0.6) is 0 Å². The number of ketones is 1. The summed E-state index contributed by atoms with van der Waals surface area (Å²) in [7, 11) is 2.09. The summed E-state index contributed by atoms with van der Waals surface area (Å²) < 4.78 is 4.57. The van der Waals surface area contributed by atoms with Crippen LogP contribution in [-0.2, 0) is 20.0 Å². The van der Waals surface area contributed by atoms with Crippen molar-refractivity contribution < 1.29 is 4.79 Å². The largest absolute Gasteiger partial charge is 0.327 e. The summed E-state index contributed by atoms with van der Waals surface area (Å²) in [6.45, 7) is 7.35. The quantitative estimate of drug-likeness (QED) is 0.138. The molecule has 0 radical (unpaired) electrons. The van der Waals surface area contributed by atoms with Crippen molar-refractivity contribution in [2.75, 3.05) is 0 Å². The molecule has 7 rings (SSSR count). The summed E-state index contributed by atoms with van der Waals surface area (Å²) in [4.78, 5) is 23.6. The van der Waals surface area contributed by atoms with Gasteiger partial charge in [0.25, 0.3) is 0 Å². The highest BCUT2D eigenvalue weighted by Gasteiger charge is 2.32. The molecule has 2 aromatic heterocycles. The number of imidazole rings is 2. The van der Waals surface area contributed by atoms with E-state index in [9.17, 15) is 4.79 Å². The fraction of sp³-hybridized carbons (Fsp3) is 0.341. The molecule has 0 saturated heterocycles. The summed E-state index contributed by atoms with van der Waals surface area (Å²) >= 11 is 0. The second kappa shape index (κ2) is 12.7. The van der Waals surface area contributed by atoms with E-state index in [2.05, 4.69) is 97.6 Å². The maximum absolute atomic E-state index is 13.5. The number of carbonyl (C=O) groups is 1. The van der Waals surface area contributed by atoms with Gasteiger partial charge in [0.1, 0.15) is 11.6 Å². The van der Waals surface area contributed by atoms with E-state index in [-0.39, 0.29) is 5.78 Å². The Hall–Kier alpha value is -4.51. The van der Waals surface area contributed by atoms with Crippen LogP contribution in [0.3, 0.4) is 0 Å². The van der Waals surface area contributed by atoms with Gasteiger partial charge in [-0.25, -0.2) is 9.97 Å². The Bertz CT molecular complexity index is 2030. The van der Waals surface area contributed by atoms with Crippen LogP contribution in [0.25, 0.3) is 44.6 Å². The first-order valence-electron chi connectivity index (χ1n) is 17.1. The number of nitrogens with zero attached hydrogens (tertiary/aromatic N) is 4. The number of aryl methyl sites for hydroxylation is 3. The van der Waals surface area contributed by atoms with Gasteiger partial charge in [0, 0.05) is 37.6 Å². The fourth-order valence-corrected chi connectivity index (χ4v) is 7.52.